The summed E-state index contributed by atoms with van der Waals surface area (Å²) in [5.74, 6) is -0.303. The number of rotatable bonds is 7. The Hall–Kier alpha value is -2.41. The molecule has 1 atom stereocenters. The third-order valence-corrected chi connectivity index (χ3v) is 6.26. The van der Waals surface area contributed by atoms with Gasteiger partial charge in [0.25, 0.3) is 5.91 Å². The topological polar surface area (TPSA) is 72.2 Å². The Balaban J connectivity index is 1.88. The quantitative estimate of drug-likeness (QED) is 0.775. The van der Waals surface area contributed by atoms with Crippen LogP contribution in [0.25, 0.3) is 0 Å². The van der Waals surface area contributed by atoms with Crippen molar-refractivity contribution in [1.29, 1.82) is 0 Å². The molecule has 7 nitrogen and oxygen atoms in total. The molecular weight excluding hydrogens is 366 g/mol. The van der Waals surface area contributed by atoms with E-state index in [1.807, 2.05) is 27.8 Å². The molecule has 1 N–H and O–H groups in total. The van der Waals surface area contributed by atoms with Crippen LogP contribution in [0.15, 0.2) is 17.1 Å². The molecule has 7 heteroatoms. The van der Waals surface area contributed by atoms with Gasteiger partial charge in [0.05, 0.1) is 6.20 Å². The number of nitrogens with one attached hydrogen (secondary N) is 1. The maximum atomic E-state index is 13.0. The van der Waals surface area contributed by atoms with E-state index in [0.717, 1.165) is 48.7 Å². The summed E-state index contributed by atoms with van der Waals surface area (Å²) < 4.78 is 3.96. The number of aryl methyl sites for hydroxylation is 2. The smallest absolute Gasteiger partial charge is 0.257 e. The minimum Gasteiger partial charge on any atom is -0.348 e. The fourth-order valence-corrected chi connectivity index (χ4v) is 4.41. The van der Waals surface area contributed by atoms with Crippen LogP contribution in [0.4, 0.5) is 0 Å². The molecule has 1 aliphatic heterocycles. The van der Waals surface area contributed by atoms with Crippen molar-refractivity contribution >= 4 is 5.91 Å². The molecule has 158 valence electrons. The fourth-order valence-electron chi connectivity index (χ4n) is 4.41. The van der Waals surface area contributed by atoms with Gasteiger partial charge in [-0.25, -0.2) is 0 Å². The van der Waals surface area contributed by atoms with Crippen LogP contribution in [0.1, 0.15) is 59.7 Å². The van der Waals surface area contributed by atoms with Gasteiger partial charge >= 0.3 is 0 Å². The molecule has 2 aromatic rings. The molecule has 2 aromatic heterocycles. The van der Waals surface area contributed by atoms with Gasteiger partial charge in [0.1, 0.15) is 5.56 Å². The summed E-state index contributed by atoms with van der Waals surface area (Å²) in [6.07, 6.45) is 4.76. The van der Waals surface area contributed by atoms with Crippen LogP contribution >= 0.6 is 0 Å². The van der Waals surface area contributed by atoms with E-state index in [9.17, 15) is 9.59 Å². The lowest BCUT2D eigenvalue weighted by molar-refractivity contribution is 0.0947. The van der Waals surface area contributed by atoms with Gasteiger partial charge in [0.2, 0.25) is 0 Å². The summed E-state index contributed by atoms with van der Waals surface area (Å²) in [5, 5.41) is 7.14. The Kier molecular flexibility index (Phi) is 6.57. The van der Waals surface area contributed by atoms with Crippen LogP contribution in [0.2, 0.25) is 0 Å². The summed E-state index contributed by atoms with van der Waals surface area (Å²) in [4.78, 5) is 28.2. The number of hydrogen-bond acceptors (Lipinski definition) is 4. The zero-order valence-electron chi connectivity index (χ0n) is 18.3. The van der Waals surface area contributed by atoms with Crippen molar-refractivity contribution in [3.63, 3.8) is 0 Å². The normalized spacial score (nSPS) is 17.1. The number of pyridine rings is 1. The molecule has 3 heterocycles. The van der Waals surface area contributed by atoms with Gasteiger partial charge in [-0.15, -0.1) is 0 Å². The first-order valence-corrected chi connectivity index (χ1v) is 10.6. The first kappa shape index (κ1) is 21.3. The van der Waals surface area contributed by atoms with Crippen LogP contribution in [0, 0.1) is 13.8 Å². The molecule has 0 aromatic carbocycles. The molecule has 0 spiro atoms. The summed E-state index contributed by atoms with van der Waals surface area (Å²) in [6.45, 7) is 11.5. The molecule has 3 rings (SSSR count). The van der Waals surface area contributed by atoms with Gasteiger partial charge in [-0.05, 0) is 46.2 Å². The first-order chi connectivity index (χ1) is 13.9. The van der Waals surface area contributed by atoms with Gasteiger partial charge < -0.3 is 9.88 Å². The molecule has 1 saturated heterocycles. The third-order valence-electron chi connectivity index (χ3n) is 6.26. The molecule has 0 bridgehead atoms. The molecule has 1 aliphatic rings. The summed E-state index contributed by atoms with van der Waals surface area (Å²) >= 11 is 0. The Morgan fingerprint density at radius 2 is 2.07 bits per heavy atom. The zero-order valence-corrected chi connectivity index (χ0v) is 18.3. The number of amides is 1. The van der Waals surface area contributed by atoms with Crippen molar-refractivity contribution in [3.05, 3.63) is 50.7 Å². The van der Waals surface area contributed by atoms with E-state index in [2.05, 4.69) is 26.8 Å². The van der Waals surface area contributed by atoms with Gasteiger partial charge in [0, 0.05) is 54.9 Å². The molecule has 0 radical (unpaired) electrons. The van der Waals surface area contributed by atoms with E-state index < -0.39 is 0 Å². The van der Waals surface area contributed by atoms with E-state index in [1.54, 1.807) is 16.9 Å². The van der Waals surface area contributed by atoms with E-state index in [1.165, 1.54) is 6.42 Å². The zero-order chi connectivity index (χ0) is 21.1. The van der Waals surface area contributed by atoms with Crippen molar-refractivity contribution in [1.82, 2.24) is 24.6 Å². The van der Waals surface area contributed by atoms with Crippen molar-refractivity contribution in [2.75, 3.05) is 13.1 Å². The first-order valence-electron chi connectivity index (χ1n) is 10.6. The average molecular weight is 400 g/mol. The second kappa shape index (κ2) is 8.95. The lowest BCUT2D eigenvalue weighted by Gasteiger charge is -2.27. The lowest BCUT2D eigenvalue weighted by atomic mass is 10.1. The number of carbonyl (C=O) groups is 1. The van der Waals surface area contributed by atoms with Crippen molar-refractivity contribution in [2.45, 2.75) is 66.1 Å². The Morgan fingerprint density at radius 3 is 2.69 bits per heavy atom. The molecule has 0 saturated carbocycles. The van der Waals surface area contributed by atoms with E-state index >= 15 is 0 Å². The number of nitrogens with zero attached hydrogens (tertiary/aromatic N) is 4. The van der Waals surface area contributed by atoms with Crippen molar-refractivity contribution < 1.29 is 4.79 Å². The standard InChI is InChI=1S/C22H33N5O2/c1-6-19-21(22(29)23-12-17-13-24-25(5)16(17)4)20(28)11-15(3)27(19)14-18-9-8-10-26(18)7-2/h11,13,18H,6-10,12,14H2,1-5H3,(H,23,29). The molecule has 1 unspecified atom stereocenters. The highest BCUT2D eigenvalue weighted by Gasteiger charge is 2.26. The van der Waals surface area contributed by atoms with Crippen LogP contribution in [0.3, 0.4) is 0 Å². The highest BCUT2D eigenvalue weighted by Crippen LogP contribution is 2.21. The SMILES string of the molecule is CCc1c(C(=O)NCc2cnn(C)c2C)c(=O)cc(C)n1CC1CCCN1CC. The van der Waals surface area contributed by atoms with E-state index in [0.29, 0.717) is 19.0 Å². The largest absolute Gasteiger partial charge is 0.348 e. The van der Waals surface area contributed by atoms with Crippen LogP contribution < -0.4 is 10.7 Å². The van der Waals surface area contributed by atoms with Crippen LogP contribution in [-0.4, -0.2) is 44.3 Å². The number of hydrogen-bond donors (Lipinski definition) is 1. The monoisotopic (exact) mass is 399 g/mol. The summed E-state index contributed by atoms with van der Waals surface area (Å²) in [6, 6.07) is 2.06. The second-order valence-electron chi connectivity index (χ2n) is 7.92. The minimum absolute atomic E-state index is 0.199. The number of likely N-dealkylation sites (N-methyl/N-ethyl adjacent to an activating group) is 1. The van der Waals surface area contributed by atoms with Gasteiger partial charge in [-0.2, -0.15) is 5.10 Å². The molecular formula is C22H33N5O2. The average Bonchev–Trinajstić information content (AvgIpc) is 3.28. The van der Waals surface area contributed by atoms with Crippen molar-refractivity contribution in [3.8, 4) is 0 Å². The highest BCUT2D eigenvalue weighted by atomic mass is 16.2. The maximum absolute atomic E-state index is 13.0. The predicted molar refractivity (Wildman–Crippen MR) is 114 cm³/mol. The lowest BCUT2D eigenvalue weighted by Crippen LogP contribution is -2.37. The van der Waals surface area contributed by atoms with Crippen LogP contribution in [0.5, 0.6) is 0 Å². The Labute approximate surface area is 172 Å². The number of likely N-dealkylation sites (tertiary alicyclic amines) is 1. The second-order valence-corrected chi connectivity index (χ2v) is 7.92. The summed E-state index contributed by atoms with van der Waals surface area (Å²) in [5.41, 5.74) is 3.79. The molecule has 1 amide bonds. The van der Waals surface area contributed by atoms with Gasteiger partial charge in [0.15, 0.2) is 5.43 Å². The number of carbonyl (C=O) groups excluding carboxylic acids is 1. The maximum Gasteiger partial charge on any atom is 0.257 e. The highest BCUT2D eigenvalue weighted by molar-refractivity contribution is 5.95. The van der Waals surface area contributed by atoms with E-state index in [-0.39, 0.29) is 16.9 Å². The summed E-state index contributed by atoms with van der Waals surface area (Å²) in [7, 11) is 1.87. The molecule has 1 fully saturated rings. The third kappa shape index (κ3) is 4.29. The number of aromatic nitrogens is 3. The Morgan fingerprint density at radius 1 is 1.31 bits per heavy atom. The fraction of sp³-hybridized carbons (Fsp3) is 0.591. The Bertz CT molecular complexity index is 943. The van der Waals surface area contributed by atoms with Crippen LogP contribution in [-0.2, 0) is 26.6 Å². The van der Waals surface area contributed by atoms with E-state index in [4.69, 9.17) is 0 Å². The van der Waals surface area contributed by atoms with Crippen molar-refractivity contribution in [2.24, 2.45) is 7.05 Å². The molecule has 29 heavy (non-hydrogen) atoms. The minimum atomic E-state index is -0.303. The van der Waals surface area contributed by atoms with Gasteiger partial charge in [-0.3, -0.25) is 19.2 Å². The predicted octanol–water partition coefficient (Wildman–Crippen LogP) is 2.18. The van der Waals surface area contributed by atoms with Gasteiger partial charge in [-0.1, -0.05) is 13.8 Å². The molecule has 0 aliphatic carbocycles.